The summed E-state index contributed by atoms with van der Waals surface area (Å²) >= 11 is 0. The largest absolute Gasteiger partial charge is 0.494 e. The Labute approximate surface area is 92.5 Å². The molecule has 0 radical (unpaired) electrons. The van der Waals surface area contributed by atoms with Crippen molar-refractivity contribution in [3.8, 4) is 18.1 Å². The Morgan fingerprint density at radius 2 is 2.07 bits per heavy atom. The van der Waals surface area contributed by atoms with Crippen molar-refractivity contribution >= 4 is 0 Å². The van der Waals surface area contributed by atoms with Crippen molar-refractivity contribution in [1.82, 2.24) is 0 Å². The quantitative estimate of drug-likeness (QED) is 0.683. The molecule has 0 aliphatic carbocycles. The van der Waals surface area contributed by atoms with Gasteiger partial charge >= 0.3 is 0 Å². The lowest BCUT2D eigenvalue weighted by Gasteiger charge is -2.21. The topological polar surface area (TPSA) is 9.23 Å². The summed E-state index contributed by atoms with van der Waals surface area (Å²) in [7, 11) is 0. The lowest BCUT2D eigenvalue weighted by molar-refractivity contribution is 0.340. The zero-order chi connectivity index (χ0) is 11.5. The predicted molar refractivity (Wildman–Crippen MR) is 64.2 cm³/mol. The van der Waals surface area contributed by atoms with E-state index in [0.717, 1.165) is 5.75 Å². The zero-order valence-corrected chi connectivity index (χ0v) is 9.92. The van der Waals surface area contributed by atoms with Crippen molar-refractivity contribution in [3.63, 3.8) is 0 Å². The van der Waals surface area contributed by atoms with Crippen molar-refractivity contribution in [2.24, 2.45) is 0 Å². The number of hydrogen-bond donors (Lipinski definition) is 0. The van der Waals surface area contributed by atoms with Crippen LogP contribution in [0.25, 0.3) is 0 Å². The van der Waals surface area contributed by atoms with Crippen LogP contribution in [0.15, 0.2) is 18.2 Å². The molecule has 1 aromatic rings. The Morgan fingerprint density at radius 3 is 2.53 bits per heavy atom. The summed E-state index contributed by atoms with van der Waals surface area (Å²) in [5.74, 6) is 3.72. The predicted octanol–water partition coefficient (Wildman–Crippen LogP) is 3.30. The second-order valence-corrected chi connectivity index (χ2v) is 4.18. The van der Waals surface area contributed by atoms with Gasteiger partial charge in [-0.2, -0.15) is 0 Å². The molecule has 0 amide bonds. The van der Waals surface area contributed by atoms with Crippen molar-refractivity contribution in [3.05, 3.63) is 29.3 Å². The van der Waals surface area contributed by atoms with Gasteiger partial charge in [0.25, 0.3) is 0 Å². The van der Waals surface area contributed by atoms with Crippen LogP contribution in [0, 0.1) is 19.3 Å². The lowest BCUT2D eigenvalue weighted by atomic mass is 9.83. The summed E-state index contributed by atoms with van der Waals surface area (Å²) in [5, 5.41) is 0. The third-order valence-corrected chi connectivity index (χ3v) is 2.54. The maximum absolute atomic E-state index is 5.52. The van der Waals surface area contributed by atoms with Crippen LogP contribution in [0.4, 0.5) is 0 Å². The van der Waals surface area contributed by atoms with E-state index in [1.807, 2.05) is 19.1 Å². The highest BCUT2D eigenvalue weighted by atomic mass is 16.5. The van der Waals surface area contributed by atoms with Crippen LogP contribution in [0.5, 0.6) is 5.75 Å². The first-order valence-electron chi connectivity index (χ1n) is 5.23. The van der Waals surface area contributed by atoms with E-state index in [4.69, 9.17) is 11.2 Å². The molecule has 0 heterocycles. The Morgan fingerprint density at radius 1 is 1.40 bits per heavy atom. The minimum absolute atomic E-state index is 0.213. The van der Waals surface area contributed by atoms with Gasteiger partial charge < -0.3 is 4.74 Å². The average molecular weight is 202 g/mol. The van der Waals surface area contributed by atoms with Gasteiger partial charge in [-0.15, -0.1) is 6.42 Å². The molecule has 1 nitrogen and oxygen atoms in total. The van der Waals surface area contributed by atoms with Crippen molar-refractivity contribution < 1.29 is 4.74 Å². The fraction of sp³-hybridized carbons (Fsp3) is 0.429. The molecule has 15 heavy (non-hydrogen) atoms. The van der Waals surface area contributed by atoms with Crippen molar-refractivity contribution in [2.45, 2.75) is 33.1 Å². The highest BCUT2D eigenvalue weighted by Gasteiger charge is 2.19. The Balaban J connectivity index is 3.10. The SMILES string of the molecule is C#CC(C)(C)c1ccc(OCC)cc1C. The molecule has 0 bridgehead atoms. The summed E-state index contributed by atoms with van der Waals surface area (Å²) in [4.78, 5) is 0. The maximum atomic E-state index is 5.52. The van der Waals surface area contributed by atoms with E-state index in [9.17, 15) is 0 Å². The molecular formula is C14H18O. The highest BCUT2D eigenvalue weighted by molar-refractivity contribution is 5.42. The maximum Gasteiger partial charge on any atom is 0.119 e. The summed E-state index contributed by atoms with van der Waals surface area (Å²) in [5.41, 5.74) is 2.16. The van der Waals surface area contributed by atoms with Crippen LogP contribution in [0.2, 0.25) is 0 Å². The molecule has 1 rings (SSSR count). The van der Waals surface area contributed by atoms with Gasteiger partial charge in [-0.1, -0.05) is 12.0 Å². The van der Waals surface area contributed by atoms with Crippen molar-refractivity contribution in [1.29, 1.82) is 0 Å². The first kappa shape index (κ1) is 11.7. The molecule has 0 aliphatic heterocycles. The van der Waals surface area contributed by atoms with Crippen molar-refractivity contribution in [2.75, 3.05) is 6.61 Å². The molecule has 80 valence electrons. The first-order valence-corrected chi connectivity index (χ1v) is 5.23. The average Bonchev–Trinajstić information content (AvgIpc) is 2.18. The van der Waals surface area contributed by atoms with E-state index in [1.54, 1.807) is 0 Å². The number of benzene rings is 1. The minimum Gasteiger partial charge on any atom is -0.494 e. The van der Waals surface area contributed by atoms with Gasteiger partial charge in [0.2, 0.25) is 0 Å². The van der Waals surface area contributed by atoms with Crippen LogP contribution in [0.1, 0.15) is 31.9 Å². The number of terminal acetylenes is 1. The van der Waals surface area contributed by atoms with Gasteiger partial charge in [-0.25, -0.2) is 0 Å². The summed E-state index contributed by atoms with van der Waals surface area (Å²) in [6, 6.07) is 6.07. The van der Waals surface area contributed by atoms with Crippen LogP contribution in [0.3, 0.4) is 0 Å². The van der Waals surface area contributed by atoms with E-state index < -0.39 is 0 Å². The van der Waals surface area contributed by atoms with Crippen LogP contribution >= 0.6 is 0 Å². The van der Waals surface area contributed by atoms with Crippen LogP contribution in [-0.4, -0.2) is 6.61 Å². The van der Waals surface area contributed by atoms with E-state index in [-0.39, 0.29) is 5.41 Å². The fourth-order valence-electron chi connectivity index (χ4n) is 1.67. The molecule has 0 aliphatic rings. The standard InChI is InChI=1S/C14H18O/c1-6-14(4,5)13-9-8-12(15-7-2)10-11(13)3/h1,8-10H,7H2,2-5H3. The Kier molecular flexibility index (Phi) is 3.42. The molecule has 0 aromatic heterocycles. The summed E-state index contributed by atoms with van der Waals surface area (Å²) in [6.07, 6.45) is 5.52. The molecule has 0 saturated heterocycles. The molecule has 0 N–H and O–H groups in total. The minimum atomic E-state index is -0.213. The molecule has 0 unspecified atom stereocenters. The molecule has 0 atom stereocenters. The second-order valence-electron chi connectivity index (χ2n) is 4.18. The zero-order valence-electron chi connectivity index (χ0n) is 9.92. The number of aryl methyl sites for hydroxylation is 1. The smallest absolute Gasteiger partial charge is 0.119 e. The Bertz CT molecular complexity index is 383. The van der Waals surface area contributed by atoms with Gasteiger partial charge in [0.1, 0.15) is 5.75 Å². The van der Waals surface area contributed by atoms with Crippen LogP contribution in [-0.2, 0) is 5.41 Å². The number of ether oxygens (including phenoxy) is 1. The van der Waals surface area contributed by atoms with Gasteiger partial charge in [0.15, 0.2) is 0 Å². The lowest BCUT2D eigenvalue weighted by Crippen LogP contribution is -2.15. The molecule has 1 heteroatoms. The van der Waals surface area contributed by atoms with Crippen LogP contribution < -0.4 is 4.74 Å². The highest BCUT2D eigenvalue weighted by Crippen LogP contribution is 2.28. The third kappa shape index (κ3) is 2.53. The first-order chi connectivity index (χ1) is 7.01. The third-order valence-electron chi connectivity index (χ3n) is 2.54. The molecule has 0 spiro atoms. The monoisotopic (exact) mass is 202 g/mol. The van der Waals surface area contributed by atoms with Gasteiger partial charge in [-0.05, 0) is 51.0 Å². The van der Waals surface area contributed by atoms with Gasteiger partial charge in [0.05, 0.1) is 12.0 Å². The second kappa shape index (κ2) is 4.40. The van der Waals surface area contributed by atoms with Gasteiger partial charge in [0, 0.05) is 0 Å². The van der Waals surface area contributed by atoms with E-state index in [1.165, 1.54) is 11.1 Å². The van der Waals surface area contributed by atoms with Gasteiger partial charge in [-0.3, -0.25) is 0 Å². The van der Waals surface area contributed by atoms with E-state index in [2.05, 4.69) is 32.8 Å². The Hall–Kier alpha value is -1.42. The van der Waals surface area contributed by atoms with E-state index in [0.29, 0.717) is 6.61 Å². The molecule has 0 fully saturated rings. The fourth-order valence-corrected chi connectivity index (χ4v) is 1.67. The van der Waals surface area contributed by atoms with E-state index >= 15 is 0 Å². The molecule has 0 saturated carbocycles. The number of rotatable bonds is 3. The normalized spacial score (nSPS) is 10.9. The summed E-state index contributed by atoms with van der Waals surface area (Å²) in [6.45, 7) is 8.84. The molecular weight excluding hydrogens is 184 g/mol. The molecule has 1 aromatic carbocycles. The number of hydrogen-bond acceptors (Lipinski definition) is 1. The summed E-state index contributed by atoms with van der Waals surface area (Å²) < 4.78 is 5.44.